The fourth-order valence-electron chi connectivity index (χ4n) is 0.922. The summed E-state index contributed by atoms with van der Waals surface area (Å²) in [6.07, 6.45) is 0. The molecule has 0 radical (unpaired) electrons. The summed E-state index contributed by atoms with van der Waals surface area (Å²) in [7, 11) is 0. The molecule has 0 amide bonds. The van der Waals surface area contributed by atoms with Crippen LogP contribution < -0.4 is 0 Å². The second kappa shape index (κ2) is 3.21. The van der Waals surface area contributed by atoms with E-state index in [4.69, 9.17) is 15.3 Å². The number of hydrogen-bond acceptors (Lipinski definition) is 5. The van der Waals surface area contributed by atoms with Gasteiger partial charge in [-0.2, -0.15) is 0 Å². The molecule has 3 N–H and O–H groups in total. The first-order chi connectivity index (χ1) is 6.45. The molecular formula is C7H5NO6. The van der Waals surface area contributed by atoms with Crippen LogP contribution in [0.5, 0.6) is 11.5 Å². The Morgan fingerprint density at radius 2 is 1.93 bits per heavy atom. The topological polar surface area (TPSA) is 121 Å². The first kappa shape index (κ1) is 9.78. The number of nitro benzene ring substituents is 1. The van der Waals surface area contributed by atoms with Gasteiger partial charge in [0.2, 0.25) is 5.75 Å². The molecule has 0 aromatic heterocycles. The number of phenolic OH excluding ortho intramolecular Hbond substituents is 1. The van der Waals surface area contributed by atoms with Crippen molar-refractivity contribution in [2.45, 2.75) is 0 Å². The Labute approximate surface area is 77.0 Å². The number of carboxylic acid groups (broad SMARTS) is 1. The van der Waals surface area contributed by atoms with Gasteiger partial charge < -0.3 is 15.3 Å². The van der Waals surface area contributed by atoms with Crippen LogP contribution in [0.25, 0.3) is 0 Å². The van der Waals surface area contributed by atoms with Gasteiger partial charge in [0.1, 0.15) is 5.56 Å². The molecule has 14 heavy (non-hydrogen) atoms. The highest BCUT2D eigenvalue weighted by atomic mass is 16.6. The molecule has 7 heteroatoms. The zero-order valence-corrected chi connectivity index (χ0v) is 6.67. The largest absolute Gasteiger partial charge is 0.502 e. The Hall–Kier alpha value is -2.31. The maximum Gasteiger partial charge on any atom is 0.352 e. The summed E-state index contributed by atoms with van der Waals surface area (Å²) < 4.78 is 0. The molecular weight excluding hydrogens is 194 g/mol. The monoisotopic (exact) mass is 199 g/mol. The van der Waals surface area contributed by atoms with Crippen molar-refractivity contribution < 1.29 is 25.0 Å². The predicted octanol–water partition coefficient (Wildman–Crippen LogP) is 0.704. The molecule has 0 saturated carbocycles. The second-order valence-electron chi connectivity index (χ2n) is 2.39. The Bertz CT molecular complexity index is 413. The molecule has 0 unspecified atom stereocenters. The number of carbonyl (C=O) groups is 1. The van der Waals surface area contributed by atoms with Gasteiger partial charge in [0.25, 0.3) is 0 Å². The third-order valence-corrected chi connectivity index (χ3v) is 1.54. The van der Waals surface area contributed by atoms with Crippen LogP contribution in [-0.2, 0) is 0 Å². The van der Waals surface area contributed by atoms with Crippen LogP contribution in [0.1, 0.15) is 10.4 Å². The average molecular weight is 199 g/mol. The Kier molecular flexibility index (Phi) is 2.24. The Morgan fingerprint density at radius 1 is 1.36 bits per heavy atom. The highest BCUT2D eigenvalue weighted by molar-refractivity contribution is 5.93. The number of nitro groups is 1. The highest BCUT2D eigenvalue weighted by Gasteiger charge is 2.25. The van der Waals surface area contributed by atoms with Crippen LogP contribution in [0, 0.1) is 10.1 Å². The molecule has 7 nitrogen and oxygen atoms in total. The minimum Gasteiger partial charge on any atom is -0.502 e. The maximum absolute atomic E-state index is 10.4. The smallest absolute Gasteiger partial charge is 0.352 e. The number of carboxylic acids is 1. The number of nitrogens with zero attached hydrogens (tertiary/aromatic N) is 1. The summed E-state index contributed by atoms with van der Waals surface area (Å²) >= 11 is 0. The van der Waals surface area contributed by atoms with E-state index in [-0.39, 0.29) is 0 Å². The molecule has 0 atom stereocenters. The maximum atomic E-state index is 10.4. The minimum atomic E-state index is -1.51. The average Bonchev–Trinajstić information content (AvgIpc) is 2.02. The third kappa shape index (κ3) is 1.42. The SMILES string of the molecule is O=C(O)c1ccc(O)c([N+](=O)[O-])c1O. The van der Waals surface area contributed by atoms with Gasteiger partial charge in [-0.05, 0) is 12.1 Å². The number of aromatic hydroxyl groups is 2. The van der Waals surface area contributed by atoms with Gasteiger partial charge in [-0.3, -0.25) is 10.1 Å². The molecule has 0 aliphatic rings. The van der Waals surface area contributed by atoms with E-state index in [1.54, 1.807) is 0 Å². The van der Waals surface area contributed by atoms with Gasteiger partial charge >= 0.3 is 11.7 Å². The van der Waals surface area contributed by atoms with Crippen LogP contribution in [-0.4, -0.2) is 26.2 Å². The fourth-order valence-corrected chi connectivity index (χ4v) is 0.922. The zero-order valence-electron chi connectivity index (χ0n) is 6.67. The van der Waals surface area contributed by atoms with E-state index in [9.17, 15) is 14.9 Å². The molecule has 0 fully saturated rings. The van der Waals surface area contributed by atoms with Gasteiger partial charge in [-0.1, -0.05) is 0 Å². The van der Waals surface area contributed by atoms with Crippen molar-refractivity contribution in [1.29, 1.82) is 0 Å². The van der Waals surface area contributed by atoms with Gasteiger partial charge in [0.05, 0.1) is 4.92 Å². The fraction of sp³-hybridized carbons (Fsp3) is 0. The molecule has 0 aliphatic heterocycles. The summed E-state index contributed by atoms with van der Waals surface area (Å²) in [6, 6.07) is 1.71. The summed E-state index contributed by atoms with van der Waals surface area (Å²) in [6.45, 7) is 0. The van der Waals surface area contributed by atoms with E-state index >= 15 is 0 Å². The highest BCUT2D eigenvalue weighted by Crippen LogP contribution is 2.37. The van der Waals surface area contributed by atoms with Crippen LogP contribution in [0.2, 0.25) is 0 Å². The van der Waals surface area contributed by atoms with Gasteiger partial charge in [0, 0.05) is 0 Å². The van der Waals surface area contributed by atoms with Crippen molar-refractivity contribution in [2.24, 2.45) is 0 Å². The lowest BCUT2D eigenvalue weighted by atomic mass is 10.1. The van der Waals surface area contributed by atoms with E-state index in [0.717, 1.165) is 12.1 Å². The van der Waals surface area contributed by atoms with Crippen molar-refractivity contribution in [3.8, 4) is 11.5 Å². The lowest BCUT2D eigenvalue weighted by molar-refractivity contribution is -0.386. The number of rotatable bonds is 2. The first-order valence-electron chi connectivity index (χ1n) is 3.37. The van der Waals surface area contributed by atoms with Crippen molar-refractivity contribution in [1.82, 2.24) is 0 Å². The number of hydrogen-bond donors (Lipinski definition) is 3. The zero-order chi connectivity index (χ0) is 10.9. The summed E-state index contributed by atoms with van der Waals surface area (Å²) in [5.74, 6) is -3.34. The third-order valence-electron chi connectivity index (χ3n) is 1.54. The predicted molar refractivity (Wildman–Crippen MR) is 43.4 cm³/mol. The number of aromatic carboxylic acids is 1. The van der Waals surface area contributed by atoms with Crippen LogP contribution >= 0.6 is 0 Å². The van der Waals surface area contributed by atoms with Gasteiger partial charge in [-0.15, -0.1) is 0 Å². The molecule has 0 heterocycles. The number of phenols is 2. The standard InChI is InChI=1S/C7H5NO6/c9-4-2-1-3(7(11)12)6(10)5(4)8(13)14/h1-2,9-10H,(H,11,12). The van der Waals surface area contributed by atoms with Crippen LogP contribution in [0.15, 0.2) is 12.1 Å². The molecule has 0 spiro atoms. The van der Waals surface area contributed by atoms with Crippen molar-refractivity contribution >= 4 is 11.7 Å². The molecule has 0 bridgehead atoms. The lowest BCUT2D eigenvalue weighted by Crippen LogP contribution is -1.99. The minimum absolute atomic E-state index is 0.630. The van der Waals surface area contributed by atoms with E-state index in [2.05, 4.69) is 0 Å². The van der Waals surface area contributed by atoms with Crippen LogP contribution in [0.3, 0.4) is 0 Å². The van der Waals surface area contributed by atoms with Gasteiger partial charge in [-0.25, -0.2) is 4.79 Å². The molecule has 0 saturated heterocycles. The number of benzene rings is 1. The van der Waals surface area contributed by atoms with E-state index in [0.29, 0.717) is 0 Å². The molecule has 1 aromatic carbocycles. The van der Waals surface area contributed by atoms with E-state index in [1.165, 1.54) is 0 Å². The summed E-state index contributed by atoms with van der Waals surface area (Å²) in [4.78, 5) is 19.7. The van der Waals surface area contributed by atoms with Crippen LogP contribution in [0.4, 0.5) is 5.69 Å². The summed E-state index contributed by atoms with van der Waals surface area (Å²) in [5, 5.41) is 36.9. The molecule has 0 aliphatic carbocycles. The normalized spacial score (nSPS) is 9.71. The van der Waals surface area contributed by atoms with E-state index in [1.807, 2.05) is 0 Å². The summed E-state index contributed by atoms with van der Waals surface area (Å²) in [5.41, 5.74) is -1.64. The van der Waals surface area contributed by atoms with Crippen molar-refractivity contribution in [2.75, 3.05) is 0 Å². The van der Waals surface area contributed by atoms with Gasteiger partial charge in [0.15, 0.2) is 5.75 Å². The van der Waals surface area contributed by atoms with Crippen molar-refractivity contribution in [3.63, 3.8) is 0 Å². The molecule has 74 valence electrons. The lowest BCUT2D eigenvalue weighted by Gasteiger charge is -2.01. The molecule has 1 rings (SSSR count). The van der Waals surface area contributed by atoms with E-state index < -0.39 is 33.6 Å². The Balaban J connectivity index is 3.49. The first-order valence-corrected chi connectivity index (χ1v) is 3.37. The molecule has 1 aromatic rings. The Morgan fingerprint density at radius 3 is 2.36 bits per heavy atom. The quantitative estimate of drug-likeness (QED) is 0.476. The van der Waals surface area contributed by atoms with Crippen molar-refractivity contribution in [3.05, 3.63) is 27.8 Å². The second-order valence-corrected chi connectivity index (χ2v) is 2.39.